The summed E-state index contributed by atoms with van der Waals surface area (Å²) in [6.07, 6.45) is 4.09. The smallest absolute Gasteiger partial charge is 0.0801 e. The summed E-state index contributed by atoms with van der Waals surface area (Å²) in [6.45, 7) is 4.20. The van der Waals surface area contributed by atoms with Crippen LogP contribution in [0.5, 0.6) is 0 Å². The summed E-state index contributed by atoms with van der Waals surface area (Å²) in [5.74, 6) is 0.490. The maximum atomic E-state index is 10.8. The monoisotopic (exact) mass is 280 g/mol. The number of aliphatic hydroxyl groups is 1. The second-order valence-electron chi connectivity index (χ2n) is 6.34. The van der Waals surface area contributed by atoms with Crippen molar-refractivity contribution in [2.45, 2.75) is 51.6 Å². The molecule has 1 heteroatoms. The molecule has 0 fully saturated rings. The third-order valence-corrected chi connectivity index (χ3v) is 4.88. The van der Waals surface area contributed by atoms with Gasteiger partial charge < -0.3 is 5.11 Å². The van der Waals surface area contributed by atoms with Crippen LogP contribution in [-0.2, 0) is 6.42 Å². The number of hydrogen-bond donors (Lipinski definition) is 1. The zero-order valence-corrected chi connectivity index (χ0v) is 13.0. The van der Waals surface area contributed by atoms with Gasteiger partial charge in [-0.3, -0.25) is 0 Å². The van der Waals surface area contributed by atoms with E-state index in [-0.39, 0.29) is 6.10 Å². The molecule has 1 N–H and O–H groups in total. The van der Waals surface area contributed by atoms with Crippen molar-refractivity contribution < 1.29 is 5.11 Å². The summed E-state index contributed by atoms with van der Waals surface area (Å²) in [5.41, 5.74) is 6.45. The van der Waals surface area contributed by atoms with Gasteiger partial charge in [0.25, 0.3) is 0 Å². The predicted molar refractivity (Wildman–Crippen MR) is 87.6 cm³/mol. The molecule has 0 amide bonds. The molecule has 0 aromatic heterocycles. The summed E-state index contributed by atoms with van der Waals surface area (Å²) < 4.78 is 0. The molecule has 0 aliphatic heterocycles. The van der Waals surface area contributed by atoms with Crippen LogP contribution in [0.15, 0.2) is 42.5 Å². The molecule has 1 nitrogen and oxygen atoms in total. The van der Waals surface area contributed by atoms with Gasteiger partial charge in [-0.05, 0) is 73.3 Å². The van der Waals surface area contributed by atoms with Gasteiger partial charge in [-0.1, -0.05) is 42.5 Å². The van der Waals surface area contributed by atoms with Gasteiger partial charge in [0.05, 0.1) is 6.10 Å². The molecule has 110 valence electrons. The highest BCUT2D eigenvalue weighted by Gasteiger charge is 2.24. The Hall–Kier alpha value is -1.60. The van der Waals surface area contributed by atoms with Gasteiger partial charge in [0.1, 0.15) is 0 Å². The van der Waals surface area contributed by atoms with Crippen molar-refractivity contribution in [2.75, 3.05) is 0 Å². The molecule has 21 heavy (non-hydrogen) atoms. The van der Waals surface area contributed by atoms with Gasteiger partial charge in [0, 0.05) is 0 Å². The Morgan fingerprint density at radius 1 is 1.05 bits per heavy atom. The van der Waals surface area contributed by atoms with Crippen LogP contribution < -0.4 is 0 Å². The normalized spacial score (nSPS) is 19.1. The number of benzene rings is 2. The van der Waals surface area contributed by atoms with Crippen molar-refractivity contribution in [3.8, 4) is 0 Å². The molecule has 0 heterocycles. The quantitative estimate of drug-likeness (QED) is 0.852. The van der Waals surface area contributed by atoms with Gasteiger partial charge in [0.2, 0.25) is 0 Å². The van der Waals surface area contributed by atoms with E-state index in [1.165, 1.54) is 41.5 Å². The Labute approximate surface area is 127 Å². The Kier molecular flexibility index (Phi) is 4.12. The van der Waals surface area contributed by atoms with E-state index in [2.05, 4.69) is 56.3 Å². The first kappa shape index (κ1) is 14.3. The largest absolute Gasteiger partial charge is 0.388 e. The maximum absolute atomic E-state index is 10.8. The van der Waals surface area contributed by atoms with E-state index in [9.17, 15) is 5.11 Å². The van der Waals surface area contributed by atoms with E-state index in [0.717, 1.165) is 12.0 Å². The summed E-state index contributed by atoms with van der Waals surface area (Å²) in [6, 6.07) is 15.0. The number of rotatable bonds is 3. The Morgan fingerprint density at radius 3 is 2.52 bits per heavy atom. The molecule has 1 aliphatic rings. The summed E-state index contributed by atoms with van der Waals surface area (Å²) in [7, 11) is 0. The maximum Gasteiger partial charge on any atom is 0.0801 e. The minimum atomic E-state index is -0.359. The molecule has 0 saturated carbocycles. The average Bonchev–Trinajstić information content (AvgIpc) is 2.47. The minimum absolute atomic E-state index is 0.359. The minimum Gasteiger partial charge on any atom is -0.388 e. The number of aliphatic hydroxyl groups excluding tert-OH is 1. The molecule has 1 aliphatic carbocycles. The van der Waals surface area contributed by atoms with Crippen LogP contribution in [0.2, 0.25) is 0 Å². The van der Waals surface area contributed by atoms with Crippen molar-refractivity contribution in [2.24, 2.45) is 0 Å². The molecule has 2 aromatic rings. The van der Waals surface area contributed by atoms with Crippen LogP contribution >= 0.6 is 0 Å². The van der Waals surface area contributed by atoms with Crippen LogP contribution in [0.25, 0.3) is 0 Å². The molecule has 0 spiro atoms. The third-order valence-electron chi connectivity index (χ3n) is 4.88. The second kappa shape index (κ2) is 6.03. The average molecular weight is 280 g/mol. The zero-order chi connectivity index (χ0) is 14.8. The highest BCUT2D eigenvalue weighted by molar-refractivity contribution is 5.37. The molecule has 3 rings (SSSR count). The van der Waals surface area contributed by atoms with Crippen LogP contribution in [-0.4, -0.2) is 5.11 Å². The summed E-state index contributed by atoms with van der Waals surface area (Å²) >= 11 is 0. The molecule has 2 atom stereocenters. The first-order chi connectivity index (χ1) is 10.2. The fourth-order valence-electron chi connectivity index (χ4n) is 3.84. The molecule has 2 aromatic carbocycles. The third kappa shape index (κ3) is 2.89. The Morgan fingerprint density at radius 2 is 1.76 bits per heavy atom. The number of hydrogen-bond acceptors (Lipinski definition) is 1. The summed E-state index contributed by atoms with van der Waals surface area (Å²) in [4.78, 5) is 0. The highest BCUT2D eigenvalue weighted by atomic mass is 16.3. The molecule has 2 unspecified atom stereocenters. The standard InChI is InChI=1S/C20H24O/c1-14-7-5-8-15(2)20(14)19(21)13-17-11-6-10-16-9-3-4-12-18(16)17/h3-5,7-9,12,17,19,21H,6,10-11,13H2,1-2H3. The van der Waals surface area contributed by atoms with Crippen LogP contribution in [0.3, 0.4) is 0 Å². The van der Waals surface area contributed by atoms with E-state index in [4.69, 9.17) is 0 Å². The molecule has 0 bridgehead atoms. The van der Waals surface area contributed by atoms with Gasteiger partial charge in [0.15, 0.2) is 0 Å². The van der Waals surface area contributed by atoms with Crippen LogP contribution in [0.1, 0.15) is 59.1 Å². The van der Waals surface area contributed by atoms with E-state index in [0.29, 0.717) is 5.92 Å². The number of fused-ring (bicyclic) bond motifs is 1. The molecular weight excluding hydrogens is 256 g/mol. The van der Waals surface area contributed by atoms with Crippen molar-refractivity contribution in [3.05, 3.63) is 70.3 Å². The number of aryl methyl sites for hydroxylation is 3. The fraction of sp³-hybridized carbons (Fsp3) is 0.400. The first-order valence-electron chi connectivity index (χ1n) is 7.99. The Bertz CT molecular complexity index is 609. The van der Waals surface area contributed by atoms with Gasteiger partial charge in [-0.15, -0.1) is 0 Å². The lowest BCUT2D eigenvalue weighted by Crippen LogP contribution is -2.14. The Balaban J connectivity index is 1.85. The molecule has 0 saturated heterocycles. The van der Waals surface area contributed by atoms with Gasteiger partial charge >= 0.3 is 0 Å². The van der Waals surface area contributed by atoms with Crippen LogP contribution in [0, 0.1) is 13.8 Å². The highest BCUT2D eigenvalue weighted by Crippen LogP contribution is 2.38. The predicted octanol–water partition coefficient (Wildman–Crippen LogP) is 4.85. The lowest BCUT2D eigenvalue weighted by molar-refractivity contribution is 0.152. The van der Waals surface area contributed by atoms with E-state index in [1.54, 1.807) is 0 Å². The lowest BCUT2D eigenvalue weighted by Gasteiger charge is -2.28. The van der Waals surface area contributed by atoms with E-state index in [1.807, 2.05) is 0 Å². The first-order valence-corrected chi connectivity index (χ1v) is 7.99. The van der Waals surface area contributed by atoms with Gasteiger partial charge in [-0.25, -0.2) is 0 Å². The summed E-state index contributed by atoms with van der Waals surface area (Å²) in [5, 5.41) is 10.8. The SMILES string of the molecule is Cc1cccc(C)c1C(O)CC1CCCc2ccccc21. The van der Waals surface area contributed by atoms with E-state index >= 15 is 0 Å². The molecule has 0 radical (unpaired) electrons. The fourth-order valence-corrected chi connectivity index (χ4v) is 3.84. The van der Waals surface area contributed by atoms with Gasteiger partial charge in [-0.2, -0.15) is 0 Å². The lowest BCUT2D eigenvalue weighted by atomic mass is 9.78. The van der Waals surface area contributed by atoms with Crippen molar-refractivity contribution in [1.82, 2.24) is 0 Å². The van der Waals surface area contributed by atoms with E-state index < -0.39 is 0 Å². The molecular formula is C20H24O. The van der Waals surface area contributed by atoms with Crippen molar-refractivity contribution in [3.63, 3.8) is 0 Å². The van der Waals surface area contributed by atoms with Crippen molar-refractivity contribution in [1.29, 1.82) is 0 Å². The second-order valence-corrected chi connectivity index (χ2v) is 6.34. The zero-order valence-electron chi connectivity index (χ0n) is 13.0. The van der Waals surface area contributed by atoms with Crippen molar-refractivity contribution >= 4 is 0 Å². The van der Waals surface area contributed by atoms with Crippen LogP contribution in [0.4, 0.5) is 0 Å². The topological polar surface area (TPSA) is 20.2 Å².